The molecule has 42 heavy (non-hydrogen) atoms. The number of imidazole rings is 1. The summed E-state index contributed by atoms with van der Waals surface area (Å²) in [6.07, 6.45) is 9.13. The molecule has 0 spiro atoms. The molecular formula is C28H35ClN8O4S. The number of pyridine rings is 2. The second-order valence-corrected chi connectivity index (χ2v) is 14.3. The Morgan fingerprint density at radius 1 is 1.05 bits per heavy atom. The zero-order chi connectivity index (χ0) is 29.8. The summed E-state index contributed by atoms with van der Waals surface area (Å²) < 4.78 is 33.4. The lowest BCUT2D eigenvalue weighted by atomic mass is 9.83. The fourth-order valence-electron chi connectivity index (χ4n) is 6.43. The van der Waals surface area contributed by atoms with Gasteiger partial charge in [-0.15, -0.1) is 0 Å². The monoisotopic (exact) mass is 614 g/mol. The predicted molar refractivity (Wildman–Crippen MR) is 161 cm³/mol. The van der Waals surface area contributed by atoms with Gasteiger partial charge in [0, 0.05) is 49.7 Å². The number of aromatic amines is 1. The highest BCUT2D eigenvalue weighted by Gasteiger charge is 2.37. The number of halogens is 1. The van der Waals surface area contributed by atoms with Crippen molar-refractivity contribution in [1.29, 1.82) is 0 Å². The number of anilines is 1. The Balaban J connectivity index is 1.56. The van der Waals surface area contributed by atoms with Gasteiger partial charge in [-0.2, -0.15) is 4.31 Å². The summed E-state index contributed by atoms with van der Waals surface area (Å²) in [5.41, 5.74) is 3.21. The first-order valence-corrected chi connectivity index (χ1v) is 16.5. The van der Waals surface area contributed by atoms with Crippen LogP contribution in [0, 0.1) is 11.8 Å². The van der Waals surface area contributed by atoms with Gasteiger partial charge < -0.3 is 9.47 Å². The summed E-state index contributed by atoms with van der Waals surface area (Å²) in [5, 5.41) is 4.33. The van der Waals surface area contributed by atoms with E-state index in [0.717, 1.165) is 30.9 Å². The first-order valence-electron chi connectivity index (χ1n) is 14.3. The zero-order valence-corrected chi connectivity index (χ0v) is 25.7. The maximum atomic E-state index is 12.4. The number of aromatic nitrogens is 6. The first kappa shape index (κ1) is 28.8. The quantitative estimate of drug-likeness (QED) is 0.338. The van der Waals surface area contributed by atoms with Gasteiger partial charge in [0.2, 0.25) is 21.8 Å². The highest BCUT2D eigenvalue weighted by molar-refractivity contribution is 7.88. The number of nitrogens with one attached hydrogen (secondary N) is 1. The highest BCUT2D eigenvalue weighted by Crippen LogP contribution is 2.38. The molecule has 1 saturated heterocycles. The number of fused-ring (bicyclic) bond motifs is 1. The van der Waals surface area contributed by atoms with Crippen LogP contribution in [-0.4, -0.2) is 73.8 Å². The van der Waals surface area contributed by atoms with Gasteiger partial charge in [0.1, 0.15) is 5.69 Å². The third-order valence-corrected chi connectivity index (χ3v) is 9.97. The van der Waals surface area contributed by atoms with Gasteiger partial charge in [0.25, 0.3) is 0 Å². The molecule has 1 N–H and O–H groups in total. The summed E-state index contributed by atoms with van der Waals surface area (Å²) >= 11 is 6.38. The minimum absolute atomic E-state index is 0.124. The van der Waals surface area contributed by atoms with E-state index in [1.807, 2.05) is 13.8 Å². The van der Waals surface area contributed by atoms with Crippen LogP contribution in [0.1, 0.15) is 46.5 Å². The van der Waals surface area contributed by atoms with E-state index in [0.29, 0.717) is 52.4 Å². The number of rotatable bonds is 6. The summed E-state index contributed by atoms with van der Waals surface area (Å²) in [6, 6.07) is 3.36. The molecule has 2 atom stereocenters. The predicted octanol–water partition coefficient (Wildman–Crippen LogP) is 4.17. The second-order valence-electron chi connectivity index (χ2n) is 11.9. The molecule has 12 nitrogen and oxygen atoms in total. The largest absolute Gasteiger partial charge is 0.439 e. The van der Waals surface area contributed by atoms with Gasteiger partial charge in [0.05, 0.1) is 28.0 Å². The van der Waals surface area contributed by atoms with Crippen molar-refractivity contribution in [2.75, 3.05) is 24.2 Å². The maximum absolute atomic E-state index is 12.4. The van der Waals surface area contributed by atoms with E-state index in [1.54, 1.807) is 24.5 Å². The van der Waals surface area contributed by atoms with Crippen LogP contribution in [-0.2, 0) is 16.6 Å². The molecule has 5 heterocycles. The van der Waals surface area contributed by atoms with Gasteiger partial charge >= 0.3 is 5.76 Å². The van der Waals surface area contributed by atoms with Gasteiger partial charge in [-0.3, -0.25) is 14.5 Å². The zero-order valence-electron chi connectivity index (χ0n) is 24.1. The number of nitrogens with zero attached hydrogens (tertiary/aromatic N) is 7. The van der Waals surface area contributed by atoms with Crippen LogP contribution < -0.4 is 10.7 Å². The molecule has 0 aromatic carbocycles. The molecule has 224 valence electrons. The van der Waals surface area contributed by atoms with E-state index in [9.17, 15) is 13.2 Å². The lowest BCUT2D eigenvalue weighted by Crippen LogP contribution is -2.58. The maximum Gasteiger partial charge on any atom is 0.439 e. The molecule has 4 aromatic heterocycles. The number of hydrogen-bond donors (Lipinski definition) is 1. The molecule has 4 aromatic rings. The summed E-state index contributed by atoms with van der Waals surface area (Å²) in [4.78, 5) is 31.1. The van der Waals surface area contributed by atoms with Gasteiger partial charge in [-0.1, -0.05) is 36.5 Å². The number of H-pyrrole nitrogens is 1. The van der Waals surface area contributed by atoms with Crippen LogP contribution in [0.5, 0.6) is 0 Å². The summed E-state index contributed by atoms with van der Waals surface area (Å²) in [5.74, 6) is 1.45. The van der Waals surface area contributed by atoms with Crippen molar-refractivity contribution in [3.8, 4) is 22.8 Å². The van der Waals surface area contributed by atoms with Crippen molar-refractivity contribution in [3.63, 3.8) is 0 Å². The Hall–Kier alpha value is -3.29. The molecule has 0 radical (unpaired) electrons. The van der Waals surface area contributed by atoms with Crippen LogP contribution >= 0.6 is 11.6 Å². The molecule has 2 aliphatic rings. The van der Waals surface area contributed by atoms with Gasteiger partial charge in [0.15, 0.2) is 0 Å². The van der Waals surface area contributed by atoms with Crippen LogP contribution in [0.15, 0.2) is 33.8 Å². The third kappa shape index (κ3) is 5.57. The standard InChI is InChI=1S/C28H35ClN8O4S/c1-16-5-7-19(8-6-16)15-36-25-22(32-27(36)37-17(2)13-35(14-18(37)3)42(4,39)40)10-23(26-33-28(38)41-34-26)31-24(25)20-9-21(29)12-30-11-20/h9-12,16-19H,5-8,13-15H2,1-4H3,(H,33,34,38)/t16-,17-,18-,19-/m1/s1. The van der Waals surface area contributed by atoms with Crippen molar-refractivity contribution in [2.24, 2.45) is 11.8 Å². The highest BCUT2D eigenvalue weighted by atomic mass is 35.5. The summed E-state index contributed by atoms with van der Waals surface area (Å²) in [6.45, 7) is 7.84. The van der Waals surface area contributed by atoms with Crippen LogP contribution in [0.2, 0.25) is 5.02 Å². The number of hydrogen-bond acceptors (Lipinski definition) is 9. The normalized spacial score (nSPS) is 24.0. The topological polar surface area (TPSA) is 143 Å². The van der Waals surface area contributed by atoms with Gasteiger partial charge in [-0.05, 0) is 50.7 Å². The lowest BCUT2D eigenvalue weighted by Gasteiger charge is -2.44. The fourth-order valence-corrected chi connectivity index (χ4v) is 7.57. The Bertz CT molecular complexity index is 1760. The molecule has 2 fully saturated rings. The van der Waals surface area contributed by atoms with E-state index in [2.05, 4.69) is 31.5 Å². The molecule has 0 bridgehead atoms. The molecule has 14 heteroatoms. The molecule has 1 aliphatic heterocycles. The second kappa shape index (κ2) is 11.1. The molecule has 0 unspecified atom stereocenters. The molecular weight excluding hydrogens is 580 g/mol. The number of piperazine rings is 1. The van der Waals surface area contributed by atoms with E-state index < -0.39 is 15.8 Å². The smallest absolute Gasteiger partial charge is 0.334 e. The van der Waals surface area contributed by atoms with E-state index >= 15 is 0 Å². The van der Waals surface area contributed by atoms with Crippen molar-refractivity contribution in [2.45, 2.75) is 65.1 Å². The van der Waals surface area contributed by atoms with E-state index in [-0.39, 0.29) is 17.9 Å². The lowest BCUT2D eigenvalue weighted by molar-refractivity contribution is 0.262. The molecule has 1 aliphatic carbocycles. The Morgan fingerprint density at radius 3 is 2.38 bits per heavy atom. The molecule has 0 amide bonds. The van der Waals surface area contributed by atoms with Crippen LogP contribution in [0.25, 0.3) is 33.8 Å². The average Bonchev–Trinajstić information content (AvgIpc) is 3.52. The Labute approximate surface area is 249 Å². The minimum atomic E-state index is -3.34. The Kier molecular flexibility index (Phi) is 7.60. The minimum Gasteiger partial charge on any atom is -0.334 e. The van der Waals surface area contributed by atoms with E-state index in [4.69, 9.17) is 26.1 Å². The fraction of sp³-hybridized carbons (Fsp3) is 0.536. The van der Waals surface area contributed by atoms with Crippen molar-refractivity contribution in [3.05, 3.63) is 40.1 Å². The van der Waals surface area contributed by atoms with Crippen molar-refractivity contribution in [1.82, 2.24) is 34.0 Å². The third-order valence-electron chi connectivity index (χ3n) is 8.53. The van der Waals surface area contributed by atoms with Crippen LogP contribution in [0.4, 0.5) is 5.95 Å². The summed E-state index contributed by atoms with van der Waals surface area (Å²) in [7, 11) is -3.34. The first-order chi connectivity index (χ1) is 20.0. The van der Waals surface area contributed by atoms with Crippen molar-refractivity contribution < 1.29 is 12.9 Å². The average molecular weight is 615 g/mol. The van der Waals surface area contributed by atoms with E-state index in [1.165, 1.54) is 23.4 Å². The van der Waals surface area contributed by atoms with Crippen LogP contribution in [0.3, 0.4) is 0 Å². The number of sulfonamides is 1. The SMILES string of the molecule is C[C@@H]1CN(S(C)(=O)=O)C[C@@H](C)N1c1nc2cc(-c3noc(=O)[nH]3)nc(-c3cncc(Cl)c3)c2n1C[C@H]1CC[C@H](C)CC1. The Morgan fingerprint density at radius 2 is 1.76 bits per heavy atom. The van der Waals surface area contributed by atoms with Crippen molar-refractivity contribution >= 4 is 38.6 Å². The molecule has 1 saturated carbocycles. The molecule has 6 rings (SSSR count). The van der Waals surface area contributed by atoms with Gasteiger partial charge in [-0.25, -0.2) is 23.2 Å².